The van der Waals surface area contributed by atoms with Gasteiger partial charge in [-0.25, -0.2) is 4.79 Å². The summed E-state index contributed by atoms with van der Waals surface area (Å²) in [6, 6.07) is 0. The van der Waals surface area contributed by atoms with Crippen molar-refractivity contribution >= 4 is 16.3 Å². The minimum atomic E-state index is -4.49. The number of carbonyl (C=O) groups is 1. The van der Waals surface area contributed by atoms with Crippen molar-refractivity contribution in [3.05, 3.63) is 0 Å². The molecule has 7 heteroatoms. The molecule has 1 unspecified atom stereocenters. The number of halogens is 1. The summed E-state index contributed by atoms with van der Waals surface area (Å²) in [7, 11) is -4.49. The second-order valence-electron chi connectivity index (χ2n) is 5.64. The highest BCUT2D eigenvalue weighted by atomic mass is 32.3. The number of nitrogens with zero attached hydrogens (tertiary/aromatic N) is 1. The summed E-state index contributed by atoms with van der Waals surface area (Å²) in [4.78, 5) is 13.2. The summed E-state index contributed by atoms with van der Waals surface area (Å²) >= 11 is 0. The molecule has 0 aromatic carbocycles. The van der Waals surface area contributed by atoms with Crippen molar-refractivity contribution in [2.75, 3.05) is 18.8 Å². The average Bonchev–Trinajstić information content (AvgIpc) is 2.12. The van der Waals surface area contributed by atoms with Gasteiger partial charge in [0.1, 0.15) is 5.60 Å². The van der Waals surface area contributed by atoms with Crippen molar-refractivity contribution in [2.24, 2.45) is 5.92 Å². The van der Waals surface area contributed by atoms with Crippen LogP contribution in [-0.2, 0) is 15.0 Å². The Morgan fingerprint density at radius 1 is 1.44 bits per heavy atom. The molecule has 1 heterocycles. The predicted octanol–water partition coefficient (Wildman–Crippen LogP) is 1.93. The molecule has 1 saturated heterocycles. The van der Waals surface area contributed by atoms with Gasteiger partial charge >= 0.3 is 16.3 Å². The molecule has 0 radical (unpaired) electrons. The summed E-state index contributed by atoms with van der Waals surface area (Å²) in [5.74, 6) is -0.868. The van der Waals surface area contributed by atoms with E-state index in [0.29, 0.717) is 19.4 Å². The van der Waals surface area contributed by atoms with Gasteiger partial charge in [-0.15, -0.1) is 3.89 Å². The van der Waals surface area contributed by atoms with E-state index in [1.807, 2.05) is 0 Å². The maximum Gasteiger partial charge on any atom is 0.410 e. The molecular weight excluding hydrogens is 261 g/mol. The Morgan fingerprint density at radius 2 is 2.06 bits per heavy atom. The van der Waals surface area contributed by atoms with Crippen LogP contribution < -0.4 is 0 Å². The van der Waals surface area contributed by atoms with Crippen LogP contribution in [0.2, 0.25) is 0 Å². The van der Waals surface area contributed by atoms with Crippen LogP contribution in [0.3, 0.4) is 0 Å². The van der Waals surface area contributed by atoms with Crippen molar-refractivity contribution in [3.8, 4) is 0 Å². The van der Waals surface area contributed by atoms with Gasteiger partial charge in [0.2, 0.25) is 0 Å². The minimum Gasteiger partial charge on any atom is -0.444 e. The maximum atomic E-state index is 12.6. The molecular formula is C11H20FNO4S. The number of rotatable bonds is 2. The smallest absolute Gasteiger partial charge is 0.410 e. The zero-order valence-corrected chi connectivity index (χ0v) is 11.8. The Kier molecular flexibility index (Phi) is 4.58. The molecule has 0 aromatic heterocycles. The predicted molar refractivity (Wildman–Crippen MR) is 65.4 cm³/mol. The van der Waals surface area contributed by atoms with Crippen LogP contribution in [0.1, 0.15) is 33.6 Å². The third-order valence-corrected chi connectivity index (χ3v) is 3.48. The molecule has 1 rings (SSSR count). The van der Waals surface area contributed by atoms with Crippen molar-refractivity contribution in [1.82, 2.24) is 4.90 Å². The molecule has 1 amide bonds. The Labute approximate surface area is 108 Å². The van der Waals surface area contributed by atoms with E-state index >= 15 is 0 Å². The van der Waals surface area contributed by atoms with Gasteiger partial charge in [0.05, 0.1) is 5.75 Å². The van der Waals surface area contributed by atoms with Gasteiger partial charge in [-0.3, -0.25) is 0 Å². The summed E-state index contributed by atoms with van der Waals surface area (Å²) in [5, 5.41) is 0. The topological polar surface area (TPSA) is 63.7 Å². The van der Waals surface area contributed by atoms with Crippen LogP contribution in [-0.4, -0.2) is 43.9 Å². The van der Waals surface area contributed by atoms with Gasteiger partial charge in [0, 0.05) is 13.1 Å². The van der Waals surface area contributed by atoms with Crippen LogP contribution in [0, 0.1) is 5.92 Å². The van der Waals surface area contributed by atoms with E-state index in [-0.39, 0.29) is 12.5 Å². The molecule has 1 aliphatic rings. The van der Waals surface area contributed by atoms with Gasteiger partial charge in [-0.05, 0) is 39.5 Å². The van der Waals surface area contributed by atoms with Crippen molar-refractivity contribution in [3.63, 3.8) is 0 Å². The number of amides is 1. The first kappa shape index (κ1) is 15.2. The van der Waals surface area contributed by atoms with Crippen LogP contribution >= 0.6 is 0 Å². The lowest BCUT2D eigenvalue weighted by Crippen LogP contribution is -2.44. The SMILES string of the molecule is CC(C)(C)OC(=O)N1CCCC(CS(=O)(=O)F)C1. The first-order valence-corrected chi connectivity index (χ1v) is 7.52. The fourth-order valence-corrected chi connectivity index (χ4v) is 2.81. The first-order valence-electron chi connectivity index (χ1n) is 5.97. The van der Waals surface area contributed by atoms with Crippen LogP contribution in [0.5, 0.6) is 0 Å². The molecule has 18 heavy (non-hydrogen) atoms. The zero-order chi connectivity index (χ0) is 14.0. The van der Waals surface area contributed by atoms with Crippen molar-refractivity contribution < 1.29 is 21.8 Å². The Hall–Kier alpha value is -0.850. The van der Waals surface area contributed by atoms with Crippen molar-refractivity contribution in [2.45, 2.75) is 39.2 Å². The van der Waals surface area contributed by atoms with Crippen LogP contribution in [0.25, 0.3) is 0 Å². The third kappa shape index (κ3) is 5.66. The number of piperidine rings is 1. The second-order valence-corrected chi connectivity index (χ2v) is 7.05. The van der Waals surface area contributed by atoms with E-state index < -0.39 is 27.7 Å². The molecule has 0 N–H and O–H groups in total. The quantitative estimate of drug-likeness (QED) is 0.726. The van der Waals surface area contributed by atoms with Gasteiger partial charge in [-0.2, -0.15) is 8.42 Å². The first-order chi connectivity index (χ1) is 8.07. The van der Waals surface area contributed by atoms with E-state index in [0.717, 1.165) is 0 Å². The number of hydrogen-bond acceptors (Lipinski definition) is 4. The number of likely N-dealkylation sites (tertiary alicyclic amines) is 1. The molecule has 1 aliphatic heterocycles. The average molecular weight is 281 g/mol. The molecule has 106 valence electrons. The largest absolute Gasteiger partial charge is 0.444 e. The minimum absolute atomic E-state index is 0.234. The molecule has 0 saturated carbocycles. The van der Waals surface area contributed by atoms with E-state index in [9.17, 15) is 17.1 Å². The number of ether oxygens (including phenoxy) is 1. The van der Waals surface area contributed by atoms with Crippen LogP contribution in [0.15, 0.2) is 0 Å². The molecule has 0 aliphatic carbocycles. The van der Waals surface area contributed by atoms with E-state index in [2.05, 4.69) is 0 Å². The van der Waals surface area contributed by atoms with E-state index in [4.69, 9.17) is 4.74 Å². The Morgan fingerprint density at radius 3 is 2.56 bits per heavy atom. The highest BCUT2D eigenvalue weighted by Gasteiger charge is 2.29. The summed E-state index contributed by atoms with van der Waals surface area (Å²) < 4.78 is 39.0. The number of hydrogen-bond donors (Lipinski definition) is 0. The summed E-state index contributed by atoms with van der Waals surface area (Å²) in [5.41, 5.74) is -0.587. The lowest BCUT2D eigenvalue weighted by Gasteiger charge is -2.33. The highest BCUT2D eigenvalue weighted by Crippen LogP contribution is 2.21. The Balaban J connectivity index is 2.56. The van der Waals surface area contributed by atoms with E-state index in [1.165, 1.54) is 4.90 Å². The standard InChI is InChI=1S/C11H20FNO4S/c1-11(2,3)17-10(14)13-6-4-5-9(7-13)8-18(12,15)16/h9H,4-8H2,1-3H3. The zero-order valence-electron chi connectivity index (χ0n) is 11.0. The van der Waals surface area contributed by atoms with Crippen LogP contribution in [0.4, 0.5) is 8.68 Å². The molecule has 1 atom stereocenters. The highest BCUT2D eigenvalue weighted by molar-refractivity contribution is 7.86. The lowest BCUT2D eigenvalue weighted by molar-refractivity contribution is 0.0175. The summed E-state index contributed by atoms with van der Waals surface area (Å²) in [6.45, 7) is 6.05. The lowest BCUT2D eigenvalue weighted by atomic mass is 10.0. The molecule has 0 spiro atoms. The van der Waals surface area contributed by atoms with Crippen molar-refractivity contribution in [1.29, 1.82) is 0 Å². The fourth-order valence-electron chi connectivity index (χ4n) is 1.97. The molecule has 1 fully saturated rings. The third-order valence-electron chi connectivity index (χ3n) is 2.61. The van der Waals surface area contributed by atoms with Gasteiger partial charge in [0.25, 0.3) is 0 Å². The fraction of sp³-hybridized carbons (Fsp3) is 0.909. The normalized spacial score (nSPS) is 21.8. The molecule has 0 bridgehead atoms. The number of carbonyl (C=O) groups excluding carboxylic acids is 1. The van der Waals surface area contributed by atoms with Gasteiger partial charge < -0.3 is 9.64 Å². The summed E-state index contributed by atoms with van der Waals surface area (Å²) in [6.07, 6.45) is 0.811. The maximum absolute atomic E-state index is 12.6. The second kappa shape index (κ2) is 5.42. The Bertz CT molecular complexity index is 402. The van der Waals surface area contributed by atoms with Gasteiger partial charge in [-0.1, -0.05) is 0 Å². The van der Waals surface area contributed by atoms with Gasteiger partial charge in [0.15, 0.2) is 0 Å². The molecule has 0 aromatic rings. The monoisotopic (exact) mass is 281 g/mol. The van der Waals surface area contributed by atoms with E-state index in [1.54, 1.807) is 20.8 Å². The molecule has 5 nitrogen and oxygen atoms in total.